The van der Waals surface area contributed by atoms with E-state index < -0.39 is 21.8 Å². The highest BCUT2D eigenvalue weighted by Crippen LogP contribution is 2.37. The van der Waals surface area contributed by atoms with E-state index in [1.54, 1.807) is 6.07 Å². The second-order valence-corrected chi connectivity index (χ2v) is 6.79. The number of nitriles is 1. The maximum Gasteiger partial charge on any atom is 0.417 e. The number of sulfonamides is 1. The number of fused-ring (bicyclic) bond motifs is 1. The van der Waals surface area contributed by atoms with Gasteiger partial charge >= 0.3 is 6.18 Å². The van der Waals surface area contributed by atoms with Gasteiger partial charge in [-0.2, -0.15) is 26.9 Å². The number of alkyl halides is 3. The summed E-state index contributed by atoms with van der Waals surface area (Å²) >= 11 is 0. The zero-order valence-electron chi connectivity index (χ0n) is 12.8. The molecular formula is C16H9F3N4O2S. The molecule has 2 aromatic heterocycles. The van der Waals surface area contributed by atoms with Gasteiger partial charge in [0.2, 0.25) is 0 Å². The van der Waals surface area contributed by atoms with Crippen molar-refractivity contribution in [2.45, 2.75) is 11.2 Å². The van der Waals surface area contributed by atoms with Crippen LogP contribution in [0.5, 0.6) is 0 Å². The first-order chi connectivity index (χ1) is 12.2. The van der Waals surface area contributed by atoms with E-state index in [1.807, 2.05) is 0 Å². The number of halogens is 3. The van der Waals surface area contributed by atoms with Crippen LogP contribution in [0.2, 0.25) is 0 Å². The van der Waals surface area contributed by atoms with E-state index >= 15 is 0 Å². The van der Waals surface area contributed by atoms with Crippen LogP contribution in [0.3, 0.4) is 0 Å². The Hall–Kier alpha value is -3.19. The van der Waals surface area contributed by atoms with Crippen LogP contribution >= 0.6 is 0 Å². The van der Waals surface area contributed by atoms with Crippen molar-refractivity contribution in [3.8, 4) is 6.07 Å². The summed E-state index contributed by atoms with van der Waals surface area (Å²) in [6.07, 6.45) is -2.26. The predicted octanol–water partition coefficient (Wildman–Crippen LogP) is 3.32. The quantitative estimate of drug-likeness (QED) is 0.754. The average molecular weight is 378 g/mol. The van der Waals surface area contributed by atoms with Gasteiger partial charge in [-0.3, -0.25) is 9.71 Å². The summed E-state index contributed by atoms with van der Waals surface area (Å²) in [5.41, 5.74) is -0.995. The molecule has 0 aliphatic rings. The number of benzene rings is 1. The second-order valence-electron chi connectivity index (χ2n) is 5.16. The summed E-state index contributed by atoms with van der Waals surface area (Å²) in [6.45, 7) is 0. The Bertz CT molecular complexity index is 1120. The van der Waals surface area contributed by atoms with Crippen molar-refractivity contribution in [3.05, 3.63) is 59.9 Å². The van der Waals surface area contributed by atoms with Gasteiger partial charge in [0.05, 0.1) is 22.3 Å². The Labute approximate surface area is 146 Å². The standard InChI is InChI=1S/C16H9F3N4O2S/c17-16(18,19)12-4-5-13(15-11(12)2-1-7-21-15)23-26(24,25)14-6-3-10(8-20)9-22-14/h1-7,9,23H. The van der Waals surface area contributed by atoms with Crippen molar-refractivity contribution < 1.29 is 21.6 Å². The lowest BCUT2D eigenvalue weighted by atomic mass is 10.1. The molecule has 1 N–H and O–H groups in total. The van der Waals surface area contributed by atoms with Gasteiger partial charge in [0.1, 0.15) is 6.07 Å². The van der Waals surface area contributed by atoms with Gasteiger partial charge < -0.3 is 0 Å². The van der Waals surface area contributed by atoms with Crippen molar-refractivity contribution >= 4 is 26.6 Å². The lowest BCUT2D eigenvalue weighted by molar-refractivity contribution is -0.136. The van der Waals surface area contributed by atoms with Crippen molar-refractivity contribution in [2.24, 2.45) is 0 Å². The predicted molar refractivity (Wildman–Crippen MR) is 86.5 cm³/mol. The van der Waals surface area contributed by atoms with Gasteiger partial charge in [0.25, 0.3) is 10.0 Å². The number of hydrogen-bond acceptors (Lipinski definition) is 5. The molecule has 0 bridgehead atoms. The molecule has 0 aliphatic carbocycles. The van der Waals surface area contributed by atoms with Crippen LogP contribution < -0.4 is 4.72 Å². The topological polar surface area (TPSA) is 95.7 Å². The third-order valence-corrected chi connectivity index (χ3v) is 4.74. The van der Waals surface area contributed by atoms with Crippen LogP contribution in [-0.4, -0.2) is 18.4 Å². The van der Waals surface area contributed by atoms with Crippen molar-refractivity contribution in [2.75, 3.05) is 4.72 Å². The van der Waals surface area contributed by atoms with Gasteiger partial charge in [-0.15, -0.1) is 0 Å². The fourth-order valence-corrected chi connectivity index (χ4v) is 3.30. The minimum Gasteiger partial charge on any atom is -0.276 e. The Morgan fingerprint density at radius 3 is 2.46 bits per heavy atom. The molecule has 3 aromatic rings. The molecule has 6 nitrogen and oxygen atoms in total. The lowest BCUT2D eigenvalue weighted by Gasteiger charge is -2.14. The van der Waals surface area contributed by atoms with E-state index in [4.69, 9.17) is 5.26 Å². The van der Waals surface area contributed by atoms with Crippen LogP contribution in [0.25, 0.3) is 10.9 Å². The Morgan fingerprint density at radius 1 is 1.08 bits per heavy atom. The van der Waals surface area contributed by atoms with Crippen molar-refractivity contribution in [3.63, 3.8) is 0 Å². The van der Waals surface area contributed by atoms with E-state index in [0.29, 0.717) is 0 Å². The third-order valence-electron chi connectivity index (χ3n) is 3.46. The lowest BCUT2D eigenvalue weighted by Crippen LogP contribution is -2.15. The van der Waals surface area contributed by atoms with Crippen LogP contribution in [0.15, 0.2) is 53.8 Å². The highest BCUT2D eigenvalue weighted by Gasteiger charge is 2.33. The fourth-order valence-electron chi connectivity index (χ4n) is 2.30. The molecule has 0 saturated carbocycles. The molecule has 0 aliphatic heterocycles. The second kappa shape index (κ2) is 6.27. The van der Waals surface area contributed by atoms with E-state index in [1.165, 1.54) is 24.4 Å². The van der Waals surface area contributed by atoms with E-state index in [9.17, 15) is 21.6 Å². The van der Waals surface area contributed by atoms with Crippen molar-refractivity contribution in [1.29, 1.82) is 5.26 Å². The number of nitrogens with one attached hydrogen (secondary N) is 1. The number of nitrogens with zero attached hydrogens (tertiary/aromatic N) is 3. The number of hydrogen-bond donors (Lipinski definition) is 1. The summed E-state index contributed by atoms with van der Waals surface area (Å²) in [5.74, 6) is 0. The van der Waals surface area contributed by atoms with Gasteiger partial charge in [-0.05, 0) is 30.3 Å². The Kier molecular flexibility index (Phi) is 4.25. The molecule has 132 valence electrons. The summed E-state index contributed by atoms with van der Waals surface area (Å²) in [5, 5.41) is 8.12. The molecule has 26 heavy (non-hydrogen) atoms. The summed E-state index contributed by atoms with van der Waals surface area (Å²) in [7, 11) is -4.17. The fraction of sp³-hybridized carbons (Fsp3) is 0.0625. The number of aromatic nitrogens is 2. The first-order valence-electron chi connectivity index (χ1n) is 7.06. The molecule has 1 aromatic carbocycles. The van der Waals surface area contributed by atoms with Crippen LogP contribution in [0, 0.1) is 11.3 Å². The zero-order chi connectivity index (χ0) is 18.9. The Balaban J connectivity index is 2.08. The molecule has 0 saturated heterocycles. The van der Waals surface area contributed by atoms with Gasteiger partial charge in [-0.1, -0.05) is 6.07 Å². The molecule has 2 heterocycles. The average Bonchev–Trinajstić information content (AvgIpc) is 2.61. The summed E-state index contributed by atoms with van der Waals surface area (Å²) in [4.78, 5) is 7.55. The monoisotopic (exact) mass is 378 g/mol. The van der Waals surface area contributed by atoms with E-state index in [2.05, 4.69) is 14.7 Å². The number of rotatable bonds is 3. The Morgan fingerprint density at radius 2 is 1.85 bits per heavy atom. The zero-order valence-corrected chi connectivity index (χ0v) is 13.6. The first kappa shape index (κ1) is 17.6. The van der Waals surface area contributed by atoms with Gasteiger partial charge in [0, 0.05) is 17.8 Å². The summed E-state index contributed by atoms with van der Waals surface area (Å²) < 4.78 is 66.4. The van der Waals surface area contributed by atoms with Gasteiger partial charge in [-0.25, -0.2) is 4.98 Å². The SMILES string of the molecule is N#Cc1ccc(S(=O)(=O)Nc2ccc(C(F)(F)F)c3cccnc23)nc1. The normalized spacial score (nSPS) is 11.9. The molecule has 0 atom stereocenters. The summed E-state index contributed by atoms with van der Waals surface area (Å²) in [6, 6.07) is 8.53. The van der Waals surface area contributed by atoms with Gasteiger partial charge in [0.15, 0.2) is 5.03 Å². The number of pyridine rings is 2. The smallest absolute Gasteiger partial charge is 0.276 e. The van der Waals surface area contributed by atoms with Crippen LogP contribution in [0.4, 0.5) is 18.9 Å². The highest BCUT2D eigenvalue weighted by atomic mass is 32.2. The molecule has 0 unspecified atom stereocenters. The number of anilines is 1. The molecule has 0 spiro atoms. The minimum absolute atomic E-state index is 0.111. The van der Waals surface area contributed by atoms with E-state index in [-0.39, 0.29) is 27.2 Å². The largest absolute Gasteiger partial charge is 0.417 e. The van der Waals surface area contributed by atoms with Crippen LogP contribution in [0.1, 0.15) is 11.1 Å². The minimum atomic E-state index is -4.60. The first-order valence-corrected chi connectivity index (χ1v) is 8.54. The molecular weight excluding hydrogens is 369 g/mol. The molecule has 0 fully saturated rings. The molecule has 0 radical (unpaired) electrons. The maximum atomic E-state index is 13.1. The molecule has 0 amide bonds. The highest BCUT2D eigenvalue weighted by molar-refractivity contribution is 7.92. The molecule has 3 rings (SSSR count). The van der Waals surface area contributed by atoms with E-state index in [0.717, 1.165) is 24.4 Å². The third kappa shape index (κ3) is 3.29. The van der Waals surface area contributed by atoms with Crippen LogP contribution in [-0.2, 0) is 16.2 Å². The van der Waals surface area contributed by atoms with Crippen molar-refractivity contribution in [1.82, 2.24) is 9.97 Å². The molecule has 10 heteroatoms. The maximum absolute atomic E-state index is 13.1.